The Bertz CT molecular complexity index is 510. The number of nitrogens with one attached hydrogen (secondary N) is 1. The number of nitrogens with zero attached hydrogens (tertiary/aromatic N) is 1. The van der Waals surface area contributed by atoms with E-state index in [1.165, 1.54) is 18.2 Å². The topological polar surface area (TPSA) is 92.5 Å². The van der Waals surface area contributed by atoms with Crippen molar-refractivity contribution in [3.8, 4) is 0 Å². The van der Waals surface area contributed by atoms with Gasteiger partial charge in [-0.15, -0.1) is 0 Å². The fraction of sp³-hybridized carbons (Fsp3) is 0.300. The van der Waals surface area contributed by atoms with Crippen LogP contribution < -0.4 is 5.32 Å². The molecular formula is C10H9BrF2N2O4. The lowest BCUT2D eigenvalue weighted by Crippen LogP contribution is -2.39. The third kappa shape index (κ3) is 3.93. The Hall–Kier alpha value is -1.61. The molecule has 0 aliphatic rings. The van der Waals surface area contributed by atoms with E-state index in [0.29, 0.717) is 0 Å². The van der Waals surface area contributed by atoms with Crippen molar-refractivity contribution in [2.45, 2.75) is 5.92 Å². The number of nitro benzene ring substituents is 1. The summed E-state index contributed by atoms with van der Waals surface area (Å²) in [6.07, 6.45) is 0. The number of nitro groups is 1. The largest absolute Gasteiger partial charge is 0.390 e. The maximum absolute atomic E-state index is 12.8. The smallest absolute Gasteiger partial charge is 0.287 e. The van der Waals surface area contributed by atoms with Crippen molar-refractivity contribution in [2.24, 2.45) is 0 Å². The van der Waals surface area contributed by atoms with Crippen LogP contribution in [0.15, 0.2) is 22.7 Å². The highest BCUT2D eigenvalue weighted by Gasteiger charge is 2.29. The molecule has 0 radical (unpaired) electrons. The Morgan fingerprint density at radius 2 is 2.16 bits per heavy atom. The standard InChI is InChI=1S/C10H9BrF2N2O4/c11-8-6(2-1-3-7(8)15(18)19)9(17)14-4-10(12,13)5-16/h1-3,16H,4-5H2,(H,14,17). The summed E-state index contributed by atoms with van der Waals surface area (Å²) in [4.78, 5) is 21.6. The summed E-state index contributed by atoms with van der Waals surface area (Å²) in [5.41, 5.74) is -0.482. The normalized spacial score (nSPS) is 11.2. The molecule has 1 rings (SSSR count). The van der Waals surface area contributed by atoms with Crippen molar-refractivity contribution < 1.29 is 23.6 Å². The van der Waals surface area contributed by atoms with E-state index in [-0.39, 0.29) is 15.7 Å². The minimum Gasteiger partial charge on any atom is -0.390 e. The van der Waals surface area contributed by atoms with E-state index in [1.54, 1.807) is 0 Å². The number of carbonyl (C=O) groups excluding carboxylic acids is 1. The molecule has 0 spiro atoms. The van der Waals surface area contributed by atoms with Crippen LogP contribution in [0.2, 0.25) is 0 Å². The summed E-state index contributed by atoms with van der Waals surface area (Å²) < 4.78 is 25.4. The van der Waals surface area contributed by atoms with E-state index in [9.17, 15) is 23.7 Å². The van der Waals surface area contributed by atoms with Crippen LogP contribution in [-0.2, 0) is 0 Å². The van der Waals surface area contributed by atoms with Crippen LogP contribution in [0.4, 0.5) is 14.5 Å². The molecule has 1 amide bonds. The Morgan fingerprint density at radius 3 is 2.68 bits per heavy atom. The molecule has 0 aromatic heterocycles. The van der Waals surface area contributed by atoms with Crippen LogP contribution in [0.25, 0.3) is 0 Å². The first-order valence-corrected chi connectivity index (χ1v) is 5.77. The number of hydrogen-bond donors (Lipinski definition) is 2. The van der Waals surface area contributed by atoms with Crippen molar-refractivity contribution in [1.29, 1.82) is 0 Å². The third-order valence-corrected chi connectivity index (χ3v) is 2.99. The predicted octanol–water partition coefficient (Wildman–Crippen LogP) is 1.71. The number of alkyl halides is 2. The fourth-order valence-corrected chi connectivity index (χ4v) is 1.79. The molecule has 0 atom stereocenters. The van der Waals surface area contributed by atoms with Crippen LogP contribution in [0.3, 0.4) is 0 Å². The van der Waals surface area contributed by atoms with Gasteiger partial charge in [-0.2, -0.15) is 0 Å². The average molecular weight is 339 g/mol. The monoisotopic (exact) mass is 338 g/mol. The van der Waals surface area contributed by atoms with E-state index in [2.05, 4.69) is 15.9 Å². The molecule has 1 aromatic carbocycles. The first-order chi connectivity index (χ1) is 8.78. The molecule has 19 heavy (non-hydrogen) atoms. The van der Waals surface area contributed by atoms with Crippen LogP contribution >= 0.6 is 15.9 Å². The van der Waals surface area contributed by atoms with Crippen LogP contribution in [-0.4, -0.2) is 35.0 Å². The Morgan fingerprint density at radius 1 is 1.53 bits per heavy atom. The predicted molar refractivity (Wildman–Crippen MR) is 65.2 cm³/mol. The zero-order chi connectivity index (χ0) is 14.6. The van der Waals surface area contributed by atoms with Crippen molar-refractivity contribution >= 4 is 27.5 Å². The molecule has 6 nitrogen and oxygen atoms in total. The van der Waals surface area contributed by atoms with Crippen LogP contribution in [0.1, 0.15) is 10.4 Å². The summed E-state index contributed by atoms with van der Waals surface area (Å²) in [6, 6.07) is 3.69. The van der Waals surface area contributed by atoms with Gasteiger partial charge in [-0.3, -0.25) is 14.9 Å². The molecule has 104 valence electrons. The van der Waals surface area contributed by atoms with Gasteiger partial charge in [0.15, 0.2) is 0 Å². The molecule has 0 fully saturated rings. The van der Waals surface area contributed by atoms with Gasteiger partial charge in [-0.05, 0) is 22.0 Å². The van der Waals surface area contributed by atoms with Gasteiger partial charge in [0, 0.05) is 6.07 Å². The van der Waals surface area contributed by atoms with Gasteiger partial charge in [-0.25, -0.2) is 8.78 Å². The highest BCUT2D eigenvalue weighted by Crippen LogP contribution is 2.28. The van der Waals surface area contributed by atoms with Crippen LogP contribution in [0.5, 0.6) is 0 Å². The summed E-state index contributed by atoms with van der Waals surface area (Å²) in [5, 5.41) is 20.9. The van der Waals surface area contributed by atoms with E-state index < -0.39 is 29.9 Å². The van der Waals surface area contributed by atoms with Gasteiger partial charge >= 0.3 is 0 Å². The lowest BCUT2D eigenvalue weighted by Gasteiger charge is -2.14. The summed E-state index contributed by atoms with van der Waals surface area (Å²) in [5.74, 6) is -4.34. The zero-order valence-electron chi connectivity index (χ0n) is 9.40. The molecule has 0 bridgehead atoms. The third-order valence-electron chi connectivity index (χ3n) is 2.16. The van der Waals surface area contributed by atoms with Gasteiger partial charge in [0.1, 0.15) is 11.1 Å². The zero-order valence-corrected chi connectivity index (χ0v) is 11.0. The fourth-order valence-electron chi connectivity index (χ4n) is 1.20. The number of benzene rings is 1. The first kappa shape index (κ1) is 15.4. The summed E-state index contributed by atoms with van der Waals surface area (Å²) in [7, 11) is 0. The molecular weight excluding hydrogens is 330 g/mol. The second-order valence-corrected chi connectivity index (χ2v) is 4.39. The number of halogens is 3. The molecule has 0 aliphatic carbocycles. The highest BCUT2D eigenvalue weighted by atomic mass is 79.9. The maximum Gasteiger partial charge on any atom is 0.287 e. The SMILES string of the molecule is O=C(NCC(F)(F)CO)c1cccc([N+](=O)[O-])c1Br. The second kappa shape index (κ2) is 6.02. The van der Waals surface area contributed by atoms with Crippen molar-refractivity contribution in [1.82, 2.24) is 5.32 Å². The van der Waals surface area contributed by atoms with Crippen molar-refractivity contribution in [3.05, 3.63) is 38.3 Å². The Kier molecular flexibility index (Phi) is 4.90. The number of rotatable bonds is 5. The molecule has 0 unspecified atom stereocenters. The molecule has 0 heterocycles. The summed E-state index contributed by atoms with van der Waals surface area (Å²) >= 11 is 2.88. The van der Waals surface area contributed by atoms with Gasteiger partial charge in [-0.1, -0.05) is 6.07 Å². The van der Waals surface area contributed by atoms with Crippen molar-refractivity contribution in [2.75, 3.05) is 13.2 Å². The van der Waals surface area contributed by atoms with Crippen LogP contribution in [0, 0.1) is 10.1 Å². The van der Waals surface area contributed by atoms with E-state index in [1.807, 2.05) is 5.32 Å². The first-order valence-electron chi connectivity index (χ1n) is 4.98. The maximum atomic E-state index is 12.8. The van der Waals surface area contributed by atoms with E-state index in [4.69, 9.17) is 5.11 Å². The quantitative estimate of drug-likeness (QED) is 0.631. The molecule has 0 saturated heterocycles. The lowest BCUT2D eigenvalue weighted by molar-refractivity contribution is -0.385. The number of aliphatic hydroxyl groups excluding tert-OH is 1. The van der Waals surface area contributed by atoms with E-state index in [0.717, 1.165) is 0 Å². The minimum atomic E-state index is -3.44. The van der Waals surface area contributed by atoms with E-state index >= 15 is 0 Å². The average Bonchev–Trinajstić information content (AvgIpc) is 2.36. The Labute approximate surface area is 114 Å². The molecule has 2 N–H and O–H groups in total. The highest BCUT2D eigenvalue weighted by molar-refractivity contribution is 9.10. The number of amides is 1. The van der Waals surface area contributed by atoms with Gasteiger partial charge < -0.3 is 10.4 Å². The lowest BCUT2D eigenvalue weighted by atomic mass is 10.2. The second-order valence-electron chi connectivity index (χ2n) is 3.59. The minimum absolute atomic E-state index is 0.0928. The Balaban J connectivity index is 2.89. The van der Waals surface area contributed by atoms with Gasteiger partial charge in [0.2, 0.25) is 0 Å². The number of carbonyl (C=O) groups is 1. The molecule has 0 aliphatic heterocycles. The number of hydrogen-bond acceptors (Lipinski definition) is 4. The number of aliphatic hydroxyl groups is 1. The van der Waals surface area contributed by atoms with Gasteiger partial charge in [0.05, 0.1) is 17.0 Å². The van der Waals surface area contributed by atoms with Gasteiger partial charge in [0.25, 0.3) is 17.5 Å². The summed E-state index contributed by atoms with van der Waals surface area (Å²) in [6.45, 7) is -2.46. The van der Waals surface area contributed by atoms with Crippen molar-refractivity contribution in [3.63, 3.8) is 0 Å². The molecule has 9 heteroatoms. The molecule has 1 aromatic rings. The molecule has 0 saturated carbocycles.